The second-order valence-corrected chi connectivity index (χ2v) is 7.43. The lowest BCUT2D eigenvalue weighted by molar-refractivity contribution is 0.0205. The molecule has 1 aliphatic heterocycles. The minimum Gasteiger partial charge on any atom is -0.379 e. The summed E-state index contributed by atoms with van der Waals surface area (Å²) < 4.78 is 19.4. The minimum atomic E-state index is -0.279. The molecule has 0 spiro atoms. The van der Waals surface area contributed by atoms with Crippen LogP contribution in [0.25, 0.3) is 0 Å². The van der Waals surface area contributed by atoms with Crippen molar-refractivity contribution in [3.05, 3.63) is 24.1 Å². The van der Waals surface area contributed by atoms with Crippen LogP contribution in [0, 0.1) is 11.2 Å². The van der Waals surface area contributed by atoms with E-state index in [1.54, 1.807) is 26.4 Å². The minimum absolute atomic E-state index is 0. The fourth-order valence-electron chi connectivity index (χ4n) is 3.00. The van der Waals surface area contributed by atoms with Gasteiger partial charge >= 0.3 is 0 Å². The number of methoxy groups -OCH3 is 1. The fourth-order valence-corrected chi connectivity index (χ4v) is 3.00. The van der Waals surface area contributed by atoms with Gasteiger partial charge in [-0.1, -0.05) is 20.8 Å². The Bertz CT molecular complexity index is 593. The number of aromatic nitrogens is 1. The van der Waals surface area contributed by atoms with Gasteiger partial charge in [0.2, 0.25) is 0 Å². The third-order valence-electron chi connectivity index (χ3n) is 4.50. The lowest BCUT2D eigenvalue weighted by Gasteiger charge is -2.30. The second kappa shape index (κ2) is 10.2. The zero-order valence-corrected chi connectivity index (χ0v) is 18.6. The van der Waals surface area contributed by atoms with Crippen molar-refractivity contribution >= 4 is 35.8 Å². The second-order valence-electron chi connectivity index (χ2n) is 7.43. The Labute approximate surface area is 173 Å². The average molecular weight is 479 g/mol. The molecule has 1 aromatic heterocycles. The van der Waals surface area contributed by atoms with Crippen molar-refractivity contribution in [1.82, 2.24) is 15.6 Å². The summed E-state index contributed by atoms with van der Waals surface area (Å²) in [6, 6.07) is 3.25. The summed E-state index contributed by atoms with van der Waals surface area (Å²) in [6.45, 7) is 8.58. The first-order valence-corrected chi connectivity index (χ1v) is 8.70. The van der Waals surface area contributed by atoms with E-state index in [2.05, 4.69) is 41.4 Å². The van der Waals surface area contributed by atoms with Gasteiger partial charge in [-0.25, -0.2) is 9.37 Å². The van der Waals surface area contributed by atoms with E-state index in [4.69, 9.17) is 4.74 Å². The molecule has 0 bridgehead atoms. The topological polar surface area (TPSA) is 61.8 Å². The Balaban J connectivity index is 0.00000338. The molecule has 1 fully saturated rings. The van der Waals surface area contributed by atoms with E-state index < -0.39 is 0 Å². The van der Waals surface area contributed by atoms with Gasteiger partial charge in [-0.3, -0.25) is 4.99 Å². The Morgan fingerprint density at radius 1 is 1.50 bits per heavy atom. The molecule has 2 heterocycles. The molecule has 2 atom stereocenters. The molecule has 2 unspecified atom stereocenters. The number of aliphatic imine (C=N–C) groups is 1. The van der Waals surface area contributed by atoms with Crippen molar-refractivity contribution in [1.29, 1.82) is 0 Å². The molecule has 0 amide bonds. The summed E-state index contributed by atoms with van der Waals surface area (Å²) in [5, 5.41) is 6.73. The van der Waals surface area contributed by atoms with Crippen LogP contribution in [0.4, 0.5) is 10.2 Å². The summed E-state index contributed by atoms with van der Waals surface area (Å²) >= 11 is 0. The first kappa shape index (κ1) is 22.9. The van der Waals surface area contributed by atoms with Crippen molar-refractivity contribution in [2.75, 3.05) is 38.7 Å². The number of nitrogens with zero attached hydrogens (tertiary/aromatic N) is 3. The van der Waals surface area contributed by atoms with Crippen LogP contribution in [0.15, 0.2) is 23.3 Å². The summed E-state index contributed by atoms with van der Waals surface area (Å²) in [7, 11) is 3.48. The highest BCUT2D eigenvalue weighted by Gasteiger charge is 2.27. The highest BCUT2D eigenvalue weighted by atomic mass is 127. The average Bonchev–Trinajstić information content (AvgIpc) is 3.01. The van der Waals surface area contributed by atoms with Crippen LogP contribution >= 0.6 is 24.0 Å². The van der Waals surface area contributed by atoms with Crippen molar-refractivity contribution in [3.63, 3.8) is 0 Å². The number of guanidine groups is 1. The van der Waals surface area contributed by atoms with E-state index in [-0.39, 0.29) is 47.4 Å². The van der Waals surface area contributed by atoms with Gasteiger partial charge in [0, 0.05) is 46.0 Å². The van der Waals surface area contributed by atoms with Gasteiger partial charge in [0.25, 0.3) is 0 Å². The van der Waals surface area contributed by atoms with Gasteiger partial charge in [-0.2, -0.15) is 0 Å². The first-order valence-electron chi connectivity index (χ1n) is 8.70. The van der Waals surface area contributed by atoms with Crippen LogP contribution in [-0.2, 0) is 4.74 Å². The standard InChI is InChI=1S/C18H30FN5O.HI/c1-18(2,3)15(25-5)11-22-17(20-4)23-13-8-10-24(12-13)16-14(19)7-6-9-21-16;/h6-7,9,13,15H,8,10-12H2,1-5H3,(H2,20,22,23);1H. The maximum absolute atomic E-state index is 13.9. The molecule has 26 heavy (non-hydrogen) atoms. The summed E-state index contributed by atoms with van der Waals surface area (Å²) in [5.41, 5.74) is 0.0429. The highest BCUT2D eigenvalue weighted by molar-refractivity contribution is 14.0. The third-order valence-corrected chi connectivity index (χ3v) is 4.50. The largest absolute Gasteiger partial charge is 0.379 e. The molecular weight excluding hydrogens is 448 g/mol. The summed E-state index contributed by atoms with van der Waals surface area (Å²) in [6.07, 6.45) is 2.61. The van der Waals surface area contributed by atoms with Crippen LogP contribution in [0.5, 0.6) is 0 Å². The smallest absolute Gasteiger partial charge is 0.191 e. The molecule has 0 aromatic carbocycles. The van der Waals surface area contributed by atoms with E-state index in [0.717, 1.165) is 18.9 Å². The number of pyridine rings is 1. The molecule has 6 nitrogen and oxygen atoms in total. The number of ether oxygens (including phenoxy) is 1. The Hall–Kier alpha value is -1.16. The number of rotatable bonds is 5. The fraction of sp³-hybridized carbons (Fsp3) is 0.667. The predicted molar refractivity (Wildman–Crippen MR) is 115 cm³/mol. The first-order chi connectivity index (χ1) is 11.8. The SMILES string of the molecule is CN=C(NCC(OC)C(C)(C)C)NC1CCN(c2ncccc2F)C1.I. The zero-order valence-electron chi connectivity index (χ0n) is 16.3. The normalized spacial score (nSPS) is 19.1. The molecule has 0 saturated carbocycles. The van der Waals surface area contributed by atoms with Crippen LogP contribution in [0.1, 0.15) is 27.2 Å². The van der Waals surface area contributed by atoms with Gasteiger partial charge < -0.3 is 20.3 Å². The Morgan fingerprint density at radius 3 is 2.81 bits per heavy atom. The van der Waals surface area contributed by atoms with Crippen molar-refractivity contribution in [2.45, 2.75) is 39.3 Å². The van der Waals surface area contributed by atoms with E-state index in [9.17, 15) is 4.39 Å². The van der Waals surface area contributed by atoms with Crippen LogP contribution in [0.3, 0.4) is 0 Å². The van der Waals surface area contributed by atoms with Gasteiger partial charge in [-0.05, 0) is 24.0 Å². The van der Waals surface area contributed by atoms with Crippen LogP contribution < -0.4 is 15.5 Å². The van der Waals surface area contributed by atoms with E-state index in [0.29, 0.717) is 18.9 Å². The number of hydrogen-bond donors (Lipinski definition) is 2. The van der Waals surface area contributed by atoms with E-state index >= 15 is 0 Å². The van der Waals surface area contributed by atoms with Gasteiger partial charge in [0.05, 0.1) is 6.10 Å². The summed E-state index contributed by atoms with van der Waals surface area (Å²) in [4.78, 5) is 10.4. The van der Waals surface area contributed by atoms with Crippen molar-refractivity contribution in [2.24, 2.45) is 10.4 Å². The molecule has 1 aromatic rings. The molecule has 0 aliphatic carbocycles. The van der Waals surface area contributed by atoms with Crippen LogP contribution in [0.2, 0.25) is 0 Å². The zero-order chi connectivity index (χ0) is 18.4. The van der Waals surface area contributed by atoms with Gasteiger partial charge in [0.15, 0.2) is 17.6 Å². The molecule has 148 valence electrons. The van der Waals surface area contributed by atoms with Crippen LogP contribution in [-0.4, -0.2) is 56.9 Å². The highest BCUT2D eigenvalue weighted by Crippen LogP contribution is 2.22. The number of halogens is 2. The van der Waals surface area contributed by atoms with Crippen molar-refractivity contribution < 1.29 is 9.13 Å². The van der Waals surface area contributed by atoms with E-state index in [1.807, 2.05) is 4.90 Å². The molecular formula is C18H31FIN5O. The number of anilines is 1. The Kier molecular flexibility index (Phi) is 9.02. The van der Waals surface area contributed by atoms with Gasteiger partial charge in [-0.15, -0.1) is 24.0 Å². The number of hydrogen-bond acceptors (Lipinski definition) is 4. The quantitative estimate of drug-likeness (QED) is 0.387. The third kappa shape index (κ3) is 6.22. The summed E-state index contributed by atoms with van der Waals surface area (Å²) in [5.74, 6) is 0.875. The monoisotopic (exact) mass is 479 g/mol. The lowest BCUT2D eigenvalue weighted by Crippen LogP contribution is -2.48. The van der Waals surface area contributed by atoms with Gasteiger partial charge in [0.1, 0.15) is 0 Å². The molecule has 1 saturated heterocycles. The maximum atomic E-state index is 13.9. The van der Waals surface area contributed by atoms with E-state index in [1.165, 1.54) is 6.07 Å². The molecule has 8 heteroatoms. The molecule has 2 rings (SSSR count). The Morgan fingerprint density at radius 2 is 2.23 bits per heavy atom. The molecule has 2 N–H and O–H groups in total. The molecule has 0 radical (unpaired) electrons. The maximum Gasteiger partial charge on any atom is 0.191 e. The molecule has 1 aliphatic rings. The number of nitrogens with one attached hydrogen (secondary N) is 2. The lowest BCUT2D eigenvalue weighted by atomic mass is 9.89. The predicted octanol–water partition coefficient (Wildman–Crippen LogP) is 2.64. The van der Waals surface area contributed by atoms with Crippen molar-refractivity contribution in [3.8, 4) is 0 Å².